The number of aromatic nitrogens is 3. The van der Waals surface area contributed by atoms with Crippen molar-refractivity contribution >= 4 is 17.3 Å². The monoisotopic (exact) mass is 289 g/mol. The molecule has 112 valence electrons. The number of rotatable bonds is 6. The van der Waals surface area contributed by atoms with Crippen LogP contribution in [0.1, 0.15) is 16.1 Å². The second kappa shape index (κ2) is 6.36. The first-order valence-electron chi connectivity index (χ1n) is 6.60. The van der Waals surface area contributed by atoms with E-state index < -0.39 is 5.97 Å². The molecule has 0 spiro atoms. The van der Waals surface area contributed by atoms with Gasteiger partial charge in [0.25, 0.3) is 0 Å². The molecule has 0 aliphatic carbocycles. The van der Waals surface area contributed by atoms with E-state index in [-0.39, 0.29) is 5.56 Å². The van der Waals surface area contributed by atoms with E-state index >= 15 is 0 Å². The van der Waals surface area contributed by atoms with E-state index in [2.05, 4.69) is 20.3 Å². The summed E-state index contributed by atoms with van der Waals surface area (Å²) >= 11 is 0. The molecule has 21 heavy (non-hydrogen) atoms. The highest BCUT2D eigenvalue weighted by Gasteiger charge is 2.12. The predicted octanol–water partition coefficient (Wildman–Crippen LogP) is 1.59. The normalized spacial score (nSPS) is 10.9. The van der Waals surface area contributed by atoms with Crippen molar-refractivity contribution in [3.05, 3.63) is 35.9 Å². The van der Waals surface area contributed by atoms with E-state index in [9.17, 15) is 4.79 Å². The maximum Gasteiger partial charge on any atom is 0.337 e. The van der Waals surface area contributed by atoms with Gasteiger partial charge in [0.1, 0.15) is 0 Å². The molecule has 0 unspecified atom stereocenters. The molecule has 2 rings (SSSR count). The van der Waals surface area contributed by atoms with E-state index in [1.54, 1.807) is 0 Å². The first kappa shape index (κ1) is 15.0. The Labute approximate surface area is 123 Å². The van der Waals surface area contributed by atoms with Gasteiger partial charge in [-0.15, -0.1) is 0 Å². The molecular formula is C14H19N5O2. The fourth-order valence-corrected chi connectivity index (χ4v) is 1.88. The summed E-state index contributed by atoms with van der Waals surface area (Å²) in [5, 5.41) is 16.7. The Morgan fingerprint density at radius 3 is 2.86 bits per heavy atom. The number of carboxylic acid groups (broad SMARTS) is 1. The fourth-order valence-electron chi connectivity index (χ4n) is 1.88. The molecular weight excluding hydrogens is 270 g/mol. The van der Waals surface area contributed by atoms with E-state index in [4.69, 9.17) is 5.11 Å². The molecule has 0 bridgehead atoms. The van der Waals surface area contributed by atoms with Crippen molar-refractivity contribution in [1.82, 2.24) is 19.7 Å². The number of carboxylic acids is 1. The molecule has 0 saturated heterocycles. The molecule has 0 aromatic carbocycles. The number of carbonyl (C=O) groups is 1. The van der Waals surface area contributed by atoms with E-state index in [1.165, 1.54) is 18.5 Å². The highest BCUT2D eigenvalue weighted by atomic mass is 16.4. The van der Waals surface area contributed by atoms with Crippen LogP contribution in [0.3, 0.4) is 0 Å². The lowest BCUT2D eigenvalue weighted by molar-refractivity contribution is 0.0698. The number of aryl methyl sites for hydroxylation is 1. The minimum Gasteiger partial charge on any atom is -0.478 e. The topological polar surface area (TPSA) is 83.3 Å². The Hall–Kier alpha value is -2.41. The van der Waals surface area contributed by atoms with E-state index in [0.717, 1.165) is 24.5 Å². The highest BCUT2D eigenvalue weighted by molar-refractivity contribution is 5.94. The molecule has 2 N–H and O–H groups in total. The number of aromatic carboxylic acids is 1. The van der Waals surface area contributed by atoms with Gasteiger partial charge in [0.15, 0.2) is 0 Å². The van der Waals surface area contributed by atoms with Crippen molar-refractivity contribution in [3.63, 3.8) is 0 Å². The summed E-state index contributed by atoms with van der Waals surface area (Å²) in [6, 6.07) is 1.47. The summed E-state index contributed by atoms with van der Waals surface area (Å²) in [6.45, 7) is 3.54. The van der Waals surface area contributed by atoms with Crippen molar-refractivity contribution < 1.29 is 9.90 Å². The number of anilines is 2. The van der Waals surface area contributed by atoms with Gasteiger partial charge in [0.2, 0.25) is 0 Å². The zero-order valence-corrected chi connectivity index (χ0v) is 12.4. The summed E-state index contributed by atoms with van der Waals surface area (Å²) in [5.74, 6) is -0.988. The van der Waals surface area contributed by atoms with Gasteiger partial charge in [-0.3, -0.25) is 9.67 Å². The lowest BCUT2D eigenvalue weighted by Crippen LogP contribution is -2.18. The average molecular weight is 289 g/mol. The smallest absolute Gasteiger partial charge is 0.337 e. The molecule has 0 aliphatic heterocycles. The number of likely N-dealkylation sites (N-methyl/N-ethyl adjacent to an activating group) is 1. The van der Waals surface area contributed by atoms with Crippen LogP contribution in [0.5, 0.6) is 0 Å². The Morgan fingerprint density at radius 1 is 1.43 bits per heavy atom. The molecule has 2 aromatic rings. The summed E-state index contributed by atoms with van der Waals surface area (Å²) < 4.78 is 1.84. The Morgan fingerprint density at radius 2 is 2.19 bits per heavy atom. The maximum atomic E-state index is 11.2. The van der Waals surface area contributed by atoms with Crippen molar-refractivity contribution in [2.24, 2.45) is 0 Å². The van der Waals surface area contributed by atoms with Gasteiger partial charge in [-0.25, -0.2) is 4.79 Å². The Bertz CT molecular complexity index is 636. The second-order valence-corrected chi connectivity index (χ2v) is 5.05. The van der Waals surface area contributed by atoms with Gasteiger partial charge < -0.3 is 15.3 Å². The van der Waals surface area contributed by atoms with Crippen LogP contribution in [-0.2, 0) is 6.54 Å². The van der Waals surface area contributed by atoms with Gasteiger partial charge in [0.05, 0.1) is 35.4 Å². The van der Waals surface area contributed by atoms with Crippen LogP contribution >= 0.6 is 0 Å². The predicted molar refractivity (Wildman–Crippen MR) is 80.0 cm³/mol. The molecule has 7 nitrogen and oxygen atoms in total. The van der Waals surface area contributed by atoms with Gasteiger partial charge >= 0.3 is 5.97 Å². The fraction of sp³-hybridized carbons (Fsp3) is 0.357. The number of hydrogen-bond acceptors (Lipinski definition) is 5. The van der Waals surface area contributed by atoms with Crippen molar-refractivity contribution in [1.29, 1.82) is 0 Å². The van der Waals surface area contributed by atoms with Crippen LogP contribution in [0.15, 0.2) is 24.7 Å². The Kier molecular flexibility index (Phi) is 4.54. The van der Waals surface area contributed by atoms with Crippen LogP contribution in [0.2, 0.25) is 0 Å². The maximum absolute atomic E-state index is 11.2. The van der Waals surface area contributed by atoms with Crippen molar-refractivity contribution in [3.8, 4) is 0 Å². The zero-order valence-electron chi connectivity index (χ0n) is 12.4. The number of nitrogens with zero attached hydrogens (tertiary/aromatic N) is 4. The van der Waals surface area contributed by atoms with Crippen molar-refractivity contribution in [2.45, 2.75) is 13.5 Å². The van der Waals surface area contributed by atoms with Crippen LogP contribution in [0.4, 0.5) is 11.4 Å². The number of nitrogens with one attached hydrogen (secondary N) is 1. The SMILES string of the molecule is Cc1nn(CCN(C)C)cc1Nc1cnccc1C(=O)O. The molecule has 2 aromatic heterocycles. The lowest BCUT2D eigenvalue weighted by Gasteiger charge is -2.09. The molecule has 0 radical (unpaired) electrons. The largest absolute Gasteiger partial charge is 0.478 e. The van der Waals surface area contributed by atoms with E-state index in [1.807, 2.05) is 31.9 Å². The highest BCUT2D eigenvalue weighted by Crippen LogP contribution is 2.22. The third kappa shape index (κ3) is 3.79. The summed E-state index contributed by atoms with van der Waals surface area (Å²) in [5.41, 5.74) is 2.24. The Balaban J connectivity index is 2.18. The van der Waals surface area contributed by atoms with Gasteiger partial charge in [-0.05, 0) is 27.1 Å². The van der Waals surface area contributed by atoms with Crippen LogP contribution in [-0.4, -0.2) is 51.4 Å². The third-order valence-electron chi connectivity index (χ3n) is 3.04. The average Bonchev–Trinajstić information content (AvgIpc) is 2.77. The first-order valence-corrected chi connectivity index (χ1v) is 6.60. The van der Waals surface area contributed by atoms with Gasteiger partial charge in [-0.2, -0.15) is 5.10 Å². The lowest BCUT2D eigenvalue weighted by atomic mass is 10.2. The number of pyridine rings is 1. The standard InChI is InChI=1S/C14H19N5O2/c1-10-13(9-19(17-10)7-6-18(2)3)16-12-8-15-5-4-11(12)14(20)21/h4-5,8-9,16H,6-7H2,1-3H3,(H,20,21). The molecule has 7 heteroatoms. The number of hydrogen-bond donors (Lipinski definition) is 2. The molecule has 0 fully saturated rings. The van der Waals surface area contributed by atoms with Crippen LogP contribution in [0, 0.1) is 6.92 Å². The van der Waals surface area contributed by atoms with E-state index in [0.29, 0.717) is 5.69 Å². The molecule has 0 amide bonds. The van der Waals surface area contributed by atoms with Crippen LogP contribution < -0.4 is 5.32 Å². The quantitative estimate of drug-likeness (QED) is 0.840. The zero-order chi connectivity index (χ0) is 15.4. The molecule has 0 aliphatic rings. The third-order valence-corrected chi connectivity index (χ3v) is 3.04. The second-order valence-electron chi connectivity index (χ2n) is 5.05. The molecule has 0 atom stereocenters. The summed E-state index contributed by atoms with van der Waals surface area (Å²) in [6.07, 6.45) is 4.83. The minimum atomic E-state index is -0.988. The van der Waals surface area contributed by atoms with Gasteiger partial charge in [0, 0.05) is 18.9 Å². The molecule has 0 saturated carbocycles. The summed E-state index contributed by atoms with van der Waals surface area (Å²) in [7, 11) is 4.01. The van der Waals surface area contributed by atoms with Crippen LogP contribution in [0.25, 0.3) is 0 Å². The van der Waals surface area contributed by atoms with Gasteiger partial charge in [-0.1, -0.05) is 0 Å². The minimum absolute atomic E-state index is 0.186. The first-order chi connectivity index (χ1) is 9.97. The van der Waals surface area contributed by atoms with Crippen molar-refractivity contribution in [2.75, 3.05) is 26.0 Å². The summed E-state index contributed by atoms with van der Waals surface area (Å²) in [4.78, 5) is 17.2. The molecule has 2 heterocycles.